The Hall–Kier alpha value is -2.18. The van der Waals surface area contributed by atoms with Crippen molar-refractivity contribution in [3.05, 3.63) is 51.7 Å². The Bertz CT molecular complexity index is 665. The zero-order valence-electron chi connectivity index (χ0n) is 11.6. The lowest BCUT2D eigenvalue weighted by Crippen LogP contribution is -2.10. The molecule has 1 atom stereocenters. The van der Waals surface area contributed by atoms with Gasteiger partial charge in [0.2, 0.25) is 0 Å². The number of carbonyl (C=O) groups excluding carboxylic acids is 1. The molecule has 2 aromatic rings. The molecule has 1 amide bonds. The molecule has 110 valence electrons. The van der Waals surface area contributed by atoms with Crippen molar-refractivity contribution in [1.82, 2.24) is 0 Å². The van der Waals surface area contributed by atoms with Crippen molar-refractivity contribution in [2.45, 2.75) is 13.0 Å². The second-order valence-electron chi connectivity index (χ2n) is 4.43. The first-order chi connectivity index (χ1) is 10.0. The predicted molar refractivity (Wildman–Crippen MR) is 81.1 cm³/mol. The van der Waals surface area contributed by atoms with E-state index in [1.165, 1.54) is 12.1 Å². The highest BCUT2D eigenvalue weighted by atomic mass is 32.1. The molecular formula is C15H15NO4S. The molecule has 0 aliphatic heterocycles. The van der Waals surface area contributed by atoms with Gasteiger partial charge in [-0.2, -0.15) is 0 Å². The van der Waals surface area contributed by atoms with Crippen LogP contribution in [-0.4, -0.2) is 24.1 Å². The second-order valence-corrected chi connectivity index (χ2v) is 5.51. The van der Waals surface area contributed by atoms with Gasteiger partial charge in [0.15, 0.2) is 0 Å². The number of benzene rings is 1. The Morgan fingerprint density at radius 2 is 1.95 bits per heavy atom. The van der Waals surface area contributed by atoms with E-state index >= 15 is 0 Å². The Morgan fingerprint density at radius 1 is 1.24 bits per heavy atom. The average molecular weight is 305 g/mol. The lowest BCUT2D eigenvalue weighted by Gasteiger charge is -2.11. The number of carbonyl (C=O) groups is 2. The number of amides is 1. The molecule has 0 spiro atoms. The Labute approximate surface area is 126 Å². The van der Waals surface area contributed by atoms with Crippen LogP contribution in [0.5, 0.6) is 0 Å². The van der Waals surface area contributed by atoms with E-state index in [-0.39, 0.29) is 16.9 Å². The van der Waals surface area contributed by atoms with Crippen molar-refractivity contribution in [2.75, 3.05) is 12.4 Å². The van der Waals surface area contributed by atoms with Gasteiger partial charge in [0.1, 0.15) is 4.88 Å². The number of nitrogens with one attached hydrogen (secondary N) is 1. The lowest BCUT2D eigenvalue weighted by atomic mass is 10.1. The zero-order chi connectivity index (χ0) is 15.4. The molecule has 0 unspecified atom stereocenters. The molecule has 0 aliphatic carbocycles. The largest absolute Gasteiger partial charge is 0.477 e. The first-order valence-electron chi connectivity index (χ1n) is 6.28. The van der Waals surface area contributed by atoms with Crippen LogP contribution in [0, 0.1) is 0 Å². The Morgan fingerprint density at radius 3 is 2.57 bits per heavy atom. The Kier molecular flexibility index (Phi) is 4.72. The maximum absolute atomic E-state index is 12.1. The fourth-order valence-corrected chi connectivity index (χ4v) is 2.51. The SMILES string of the molecule is CO[C@@H](C)c1cccc(NC(=O)c2ccc(C(=O)O)s2)c1. The van der Waals surface area contributed by atoms with Gasteiger partial charge in [-0.25, -0.2) is 4.79 Å². The normalized spacial score (nSPS) is 11.9. The van der Waals surface area contributed by atoms with Crippen molar-refractivity contribution >= 4 is 28.9 Å². The number of hydrogen-bond donors (Lipinski definition) is 2. The molecule has 0 saturated heterocycles. The summed E-state index contributed by atoms with van der Waals surface area (Å²) in [6.45, 7) is 1.92. The van der Waals surface area contributed by atoms with Crippen molar-refractivity contribution in [2.24, 2.45) is 0 Å². The maximum atomic E-state index is 12.1. The van der Waals surface area contributed by atoms with Crippen LogP contribution in [0.4, 0.5) is 5.69 Å². The lowest BCUT2D eigenvalue weighted by molar-refractivity contribution is 0.0702. The number of carboxylic acids is 1. The van der Waals surface area contributed by atoms with Crippen molar-refractivity contribution in [3.63, 3.8) is 0 Å². The first-order valence-corrected chi connectivity index (χ1v) is 7.10. The van der Waals surface area contributed by atoms with E-state index in [0.29, 0.717) is 10.6 Å². The monoisotopic (exact) mass is 305 g/mol. The van der Waals surface area contributed by atoms with E-state index in [1.807, 2.05) is 25.1 Å². The fourth-order valence-electron chi connectivity index (χ4n) is 1.77. The van der Waals surface area contributed by atoms with Crippen LogP contribution in [-0.2, 0) is 4.74 Å². The molecule has 0 bridgehead atoms. The number of methoxy groups -OCH3 is 1. The van der Waals surface area contributed by atoms with Gasteiger partial charge < -0.3 is 15.2 Å². The predicted octanol–water partition coefficient (Wildman–Crippen LogP) is 3.41. The summed E-state index contributed by atoms with van der Waals surface area (Å²) in [6.07, 6.45) is -0.0674. The molecule has 2 N–H and O–H groups in total. The van der Waals surface area contributed by atoms with Gasteiger partial charge in [0.05, 0.1) is 11.0 Å². The van der Waals surface area contributed by atoms with Crippen LogP contribution in [0.3, 0.4) is 0 Å². The van der Waals surface area contributed by atoms with Crippen LogP contribution in [0.25, 0.3) is 0 Å². The maximum Gasteiger partial charge on any atom is 0.345 e. The Balaban J connectivity index is 2.13. The summed E-state index contributed by atoms with van der Waals surface area (Å²) in [5.74, 6) is -1.36. The molecule has 0 aliphatic rings. The van der Waals surface area contributed by atoms with E-state index < -0.39 is 5.97 Å². The third kappa shape index (κ3) is 3.68. The van der Waals surface area contributed by atoms with Crippen LogP contribution in [0.15, 0.2) is 36.4 Å². The average Bonchev–Trinajstić information content (AvgIpc) is 2.97. The minimum Gasteiger partial charge on any atom is -0.477 e. The third-order valence-electron chi connectivity index (χ3n) is 3.01. The highest BCUT2D eigenvalue weighted by molar-refractivity contribution is 7.15. The number of hydrogen-bond acceptors (Lipinski definition) is 4. The standard InChI is InChI=1S/C15H15NO4S/c1-9(20-2)10-4-3-5-11(8-10)16-14(17)12-6-7-13(21-12)15(18)19/h3-9H,1-2H3,(H,16,17)(H,18,19)/t9-/m0/s1. The molecule has 0 fully saturated rings. The molecule has 1 aromatic carbocycles. The summed E-state index contributed by atoms with van der Waals surface area (Å²) in [5.41, 5.74) is 1.60. The molecule has 2 rings (SSSR count). The minimum absolute atomic E-state index is 0.0674. The summed E-state index contributed by atoms with van der Waals surface area (Å²) in [4.78, 5) is 23.4. The molecule has 5 nitrogen and oxygen atoms in total. The number of aromatic carboxylic acids is 1. The van der Waals surface area contributed by atoms with E-state index in [9.17, 15) is 9.59 Å². The van der Waals surface area contributed by atoms with Crippen LogP contribution >= 0.6 is 11.3 Å². The molecular weight excluding hydrogens is 290 g/mol. The van der Waals surface area contributed by atoms with Gasteiger partial charge in [0, 0.05) is 12.8 Å². The highest BCUT2D eigenvalue weighted by Crippen LogP contribution is 2.22. The van der Waals surface area contributed by atoms with Gasteiger partial charge in [-0.15, -0.1) is 11.3 Å². The van der Waals surface area contributed by atoms with Gasteiger partial charge in [-0.1, -0.05) is 12.1 Å². The molecule has 0 saturated carbocycles. The molecule has 0 radical (unpaired) electrons. The number of rotatable bonds is 5. The highest BCUT2D eigenvalue weighted by Gasteiger charge is 2.13. The topological polar surface area (TPSA) is 75.6 Å². The molecule has 1 heterocycles. The first kappa shape index (κ1) is 15.2. The summed E-state index contributed by atoms with van der Waals surface area (Å²) >= 11 is 0.947. The molecule has 21 heavy (non-hydrogen) atoms. The summed E-state index contributed by atoms with van der Waals surface area (Å²) < 4.78 is 5.23. The van der Waals surface area contributed by atoms with Crippen molar-refractivity contribution in [1.29, 1.82) is 0 Å². The van der Waals surface area contributed by atoms with E-state index in [0.717, 1.165) is 16.9 Å². The van der Waals surface area contributed by atoms with E-state index in [1.54, 1.807) is 13.2 Å². The summed E-state index contributed by atoms with van der Waals surface area (Å²) in [6, 6.07) is 10.3. The zero-order valence-corrected chi connectivity index (χ0v) is 12.4. The number of anilines is 1. The van der Waals surface area contributed by atoms with Gasteiger partial charge >= 0.3 is 5.97 Å². The van der Waals surface area contributed by atoms with Gasteiger partial charge in [0.25, 0.3) is 5.91 Å². The number of carboxylic acid groups (broad SMARTS) is 1. The summed E-state index contributed by atoms with van der Waals surface area (Å²) in [5, 5.41) is 11.6. The van der Waals surface area contributed by atoms with E-state index in [2.05, 4.69) is 5.32 Å². The van der Waals surface area contributed by atoms with Crippen LogP contribution in [0.1, 0.15) is 37.9 Å². The second kappa shape index (κ2) is 6.51. The van der Waals surface area contributed by atoms with Crippen LogP contribution in [0.2, 0.25) is 0 Å². The smallest absolute Gasteiger partial charge is 0.345 e. The quantitative estimate of drug-likeness (QED) is 0.887. The molecule has 1 aromatic heterocycles. The van der Waals surface area contributed by atoms with Crippen LogP contribution < -0.4 is 5.32 Å². The van der Waals surface area contributed by atoms with Crippen molar-refractivity contribution < 1.29 is 19.4 Å². The third-order valence-corrected chi connectivity index (χ3v) is 4.08. The summed E-state index contributed by atoms with van der Waals surface area (Å²) in [7, 11) is 1.62. The van der Waals surface area contributed by atoms with Gasteiger partial charge in [-0.3, -0.25) is 4.79 Å². The fraction of sp³-hybridized carbons (Fsp3) is 0.200. The van der Waals surface area contributed by atoms with Crippen molar-refractivity contribution in [3.8, 4) is 0 Å². The van der Waals surface area contributed by atoms with Gasteiger partial charge in [-0.05, 0) is 36.8 Å². The number of thiophene rings is 1. The molecule has 6 heteroatoms. The van der Waals surface area contributed by atoms with E-state index in [4.69, 9.17) is 9.84 Å². The number of ether oxygens (including phenoxy) is 1. The minimum atomic E-state index is -1.03.